The second kappa shape index (κ2) is 9.15. The van der Waals surface area contributed by atoms with Crippen molar-refractivity contribution >= 4 is 0 Å². The molecule has 2 fully saturated rings. The zero-order chi connectivity index (χ0) is 15.1. The van der Waals surface area contributed by atoms with Crippen LogP contribution in [0.2, 0.25) is 0 Å². The lowest BCUT2D eigenvalue weighted by atomic mass is 9.73. The van der Waals surface area contributed by atoms with Gasteiger partial charge in [0.2, 0.25) is 0 Å². The maximum atomic E-state index is 3.86. The minimum atomic E-state index is 0.781. The molecule has 2 heteroatoms. The molecule has 3 unspecified atom stereocenters. The van der Waals surface area contributed by atoms with Crippen molar-refractivity contribution in [3.05, 3.63) is 0 Å². The van der Waals surface area contributed by atoms with E-state index in [4.69, 9.17) is 0 Å². The average molecular weight is 295 g/mol. The predicted octanol–water partition coefficient (Wildman–Crippen LogP) is 4.30. The molecule has 3 atom stereocenters. The van der Waals surface area contributed by atoms with Crippen molar-refractivity contribution in [3.63, 3.8) is 0 Å². The molecule has 1 saturated heterocycles. The molecule has 1 aliphatic heterocycles. The van der Waals surface area contributed by atoms with Crippen LogP contribution in [0.1, 0.15) is 72.1 Å². The van der Waals surface area contributed by atoms with Crippen LogP contribution in [-0.2, 0) is 0 Å². The van der Waals surface area contributed by atoms with Gasteiger partial charge in [-0.15, -0.1) is 0 Å². The fourth-order valence-electron chi connectivity index (χ4n) is 4.36. The van der Waals surface area contributed by atoms with E-state index < -0.39 is 0 Å². The lowest BCUT2D eigenvalue weighted by Gasteiger charge is -2.40. The number of hydrogen-bond donors (Lipinski definition) is 1. The molecule has 0 aromatic carbocycles. The normalized spacial score (nSPS) is 32.3. The van der Waals surface area contributed by atoms with Crippen LogP contribution in [0, 0.1) is 17.8 Å². The van der Waals surface area contributed by atoms with Crippen LogP contribution in [0.25, 0.3) is 0 Å². The van der Waals surface area contributed by atoms with Crippen molar-refractivity contribution in [1.29, 1.82) is 0 Å². The number of hydrogen-bond acceptors (Lipinski definition) is 2. The van der Waals surface area contributed by atoms with Gasteiger partial charge in [-0.1, -0.05) is 33.6 Å². The Balaban J connectivity index is 1.91. The summed E-state index contributed by atoms with van der Waals surface area (Å²) in [5.41, 5.74) is 0. The Hall–Kier alpha value is -0.0800. The predicted molar refractivity (Wildman–Crippen MR) is 92.7 cm³/mol. The van der Waals surface area contributed by atoms with Gasteiger partial charge in [0.05, 0.1) is 0 Å². The molecule has 0 amide bonds. The van der Waals surface area contributed by atoms with Gasteiger partial charge in [-0.3, -0.25) is 0 Å². The molecule has 2 rings (SSSR count). The fourth-order valence-corrected chi connectivity index (χ4v) is 4.36. The van der Waals surface area contributed by atoms with Crippen LogP contribution < -0.4 is 5.32 Å². The van der Waals surface area contributed by atoms with Crippen molar-refractivity contribution in [2.24, 2.45) is 17.8 Å². The quantitative estimate of drug-likeness (QED) is 0.785. The minimum absolute atomic E-state index is 0.781. The van der Waals surface area contributed by atoms with Crippen molar-refractivity contribution in [1.82, 2.24) is 10.2 Å². The molecule has 21 heavy (non-hydrogen) atoms. The first-order chi connectivity index (χ1) is 10.2. The molecular weight excluding hydrogens is 256 g/mol. The van der Waals surface area contributed by atoms with E-state index in [1.54, 1.807) is 0 Å². The Labute approximate surface area is 133 Å². The van der Waals surface area contributed by atoms with E-state index in [2.05, 4.69) is 31.0 Å². The van der Waals surface area contributed by atoms with Gasteiger partial charge in [0.25, 0.3) is 0 Å². The lowest BCUT2D eigenvalue weighted by Crippen LogP contribution is -2.47. The molecule has 0 bridgehead atoms. The van der Waals surface area contributed by atoms with Crippen LogP contribution in [0.3, 0.4) is 0 Å². The molecule has 1 N–H and O–H groups in total. The van der Waals surface area contributed by atoms with Gasteiger partial charge in [0.15, 0.2) is 0 Å². The molecule has 1 saturated carbocycles. The van der Waals surface area contributed by atoms with Crippen LogP contribution in [0.4, 0.5) is 0 Å². The van der Waals surface area contributed by atoms with Gasteiger partial charge >= 0.3 is 0 Å². The summed E-state index contributed by atoms with van der Waals surface area (Å²) < 4.78 is 0. The summed E-state index contributed by atoms with van der Waals surface area (Å²) in [5, 5.41) is 3.86. The third kappa shape index (κ3) is 5.56. The summed E-state index contributed by atoms with van der Waals surface area (Å²) in [7, 11) is 0. The van der Waals surface area contributed by atoms with E-state index >= 15 is 0 Å². The highest BCUT2D eigenvalue weighted by molar-refractivity contribution is 4.87. The molecule has 0 radical (unpaired) electrons. The van der Waals surface area contributed by atoms with Gasteiger partial charge in [-0.25, -0.2) is 0 Å². The molecule has 0 aromatic rings. The highest BCUT2D eigenvalue weighted by atomic mass is 15.1. The van der Waals surface area contributed by atoms with Gasteiger partial charge < -0.3 is 10.2 Å². The topological polar surface area (TPSA) is 15.3 Å². The van der Waals surface area contributed by atoms with Gasteiger partial charge in [0.1, 0.15) is 0 Å². The smallest absolute Gasteiger partial charge is 0.0108 e. The van der Waals surface area contributed by atoms with Crippen molar-refractivity contribution in [2.45, 2.75) is 78.2 Å². The lowest BCUT2D eigenvalue weighted by molar-refractivity contribution is 0.123. The summed E-state index contributed by atoms with van der Waals surface area (Å²) in [5.74, 6) is 2.71. The van der Waals surface area contributed by atoms with E-state index in [-0.39, 0.29) is 0 Å². The number of nitrogens with one attached hydrogen (secondary N) is 1. The Morgan fingerprint density at radius 1 is 1.05 bits per heavy atom. The largest absolute Gasteiger partial charge is 0.314 e. The van der Waals surface area contributed by atoms with Crippen LogP contribution in [-0.4, -0.2) is 37.1 Å². The molecule has 1 aliphatic carbocycles. The van der Waals surface area contributed by atoms with Crippen LogP contribution in [0.15, 0.2) is 0 Å². The van der Waals surface area contributed by atoms with Crippen LogP contribution >= 0.6 is 0 Å². The van der Waals surface area contributed by atoms with Crippen molar-refractivity contribution < 1.29 is 0 Å². The average Bonchev–Trinajstić information content (AvgIpc) is 2.74. The Morgan fingerprint density at radius 3 is 2.38 bits per heavy atom. The minimum Gasteiger partial charge on any atom is -0.314 e. The SMILES string of the molecule is CCCNC1CCC(C(C)C)CC1CN1CCCCCC1. The summed E-state index contributed by atoms with van der Waals surface area (Å²) in [6.07, 6.45) is 11.3. The summed E-state index contributed by atoms with van der Waals surface area (Å²) in [6.45, 7) is 12.4. The second-order valence-electron chi connectivity index (χ2n) is 7.85. The van der Waals surface area contributed by atoms with Crippen molar-refractivity contribution in [3.8, 4) is 0 Å². The highest BCUT2D eigenvalue weighted by Crippen LogP contribution is 2.34. The Morgan fingerprint density at radius 2 is 1.76 bits per heavy atom. The Kier molecular flexibility index (Phi) is 7.53. The number of rotatable bonds is 6. The van der Waals surface area contributed by atoms with Crippen LogP contribution in [0.5, 0.6) is 0 Å². The molecule has 124 valence electrons. The summed E-state index contributed by atoms with van der Waals surface area (Å²) in [6, 6.07) is 0.781. The number of nitrogens with zero attached hydrogens (tertiary/aromatic N) is 1. The third-order valence-electron chi connectivity index (χ3n) is 5.81. The highest BCUT2D eigenvalue weighted by Gasteiger charge is 2.32. The second-order valence-corrected chi connectivity index (χ2v) is 7.85. The van der Waals surface area contributed by atoms with E-state index in [1.807, 2.05) is 0 Å². The molecule has 2 aliphatic rings. The monoisotopic (exact) mass is 294 g/mol. The standard InChI is InChI=1S/C19H38N2/c1-4-11-20-19-10-9-17(16(2)3)14-18(19)15-21-12-7-5-6-8-13-21/h16-20H,4-15H2,1-3H3. The van der Waals surface area contributed by atoms with E-state index in [9.17, 15) is 0 Å². The zero-order valence-corrected chi connectivity index (χ0v) is 14.7. The maximum Gasteiger partial charge on any atom is 0.0108 e. The summed E-state index contributed by atoms with van der Waals surface area (Å²) >= 11 is 0. The molecular formula is C19H38N2. The first kappa shape index (κ1) is 17.3. The third-order valence-corrected chi connectivity index (χ3v) is 5.81. The maximum absolute atomic E-state index is 3.86. The number of likely N-dealkylation sites (tertiary alicyclic amines) is 1. The van der Waals surface area contributed by atoms with Gasteiger partial charge in [0, 0.05) is 12.6 Å². The van der Waals surface area contributed by atoms with E-state index in [0.717, 1.165) is 23.8 Å². The molecule has 1 heterocycles. The summed E-state index contributed by atoms with van der Waals surface area (Å²) in [4.78, 5) is 2.78. The molecule has 0 spiro atoms. The first-order valence-electron chi connectivity index (χ1n) is 9.66. The fraction of sp³-hybridized carbons (Fsp3) is 1.00. The van der Waals surface area contributed by atoms with E-state index in [1.165, 1.54) is 77.5 Å². The molecule has 2 nitrogen and oxygen atoms in total. The van der Waals surface area contributed by atoms with Gasteiger partial charge in [-0.05, 0) is 75.9 Å². The van der Waals surface area contributed by atoms with Gasteiger partial charge in [-0.2, -0.15) is 0 Å². The Bertz CT molecular complexity index is 269. The van der Waals surface area contributed by atoms with Crippen molar-refractivity contribution in [2.75, 3.05) is 26.2 Å². The molecule has 0 aromatic heterocycles. The zero-order valence-electron chi connectivity index (χ0n) is 14.7. The van der Waals surface area contributed by atoms with E-state index in [0.29, 0.717) is 0 Å². The first-order valence-corrected chi connectivity index (χ1v) is 9.66.